The van der Waals surface area contributed by atoms with E-state index in [1.54, 1.807) is 11.8 Å². The number of carbonyl (C=O) groups is 2. The lowest BCUT2D eigenvalue weighted by Gasteiger charge is -2.29. The second-order valence-electron chi connectivity index (χ2n) is 6.31. The first-order valence-electron chi connectivity index (χ1n) is 7.33. The predicted molar refractivity (Wildman–Crippen MR) is 79.1 cm³/mol. The molecule has 3 rings (SSSR count). The second-order valence-corrected chi connectivity index (χ2v) is 6.31. The molecular formula is C16H20N2O3. The van der Waals surface area contributed by atoms with E-state index in [1.807, 2.05) is 24.3 Å². The summed E-state index contributed by atoms with van der Waals surface area (Å²) in [5.74, 6) is -0.845. The molecule has 0 aromatic heterocycles. The van der Waals surface area contributed by atoms with Crippen LogP contribution in [0.15, 0.2) is 24.3 Å². The van der Waals surface area contributed by atoms with Crippen LogP contribution < -0.4 is 5.32 Å². The molecule has 2 N–H and O–H groups in total. The Bertz CT molecular complexity index is 587. The highest BCUT2D eigenvalue weighted by atomic mass is 16.4. The number of anilines is 1. The summed E-state index contributed by atoms with van der Waals surface area (Å²) in [6.45, 7) is 3.20. The van der Waals surface area contributed by atoms with Gasteiger partial charge in [0.25, 0.3) is 0 Å². The number of carboxylic acid groups (broad SMARTS) is 1. The quantitative estimate of drug-likeness (QED) is 0.867. The zero-order chi connectivity index (χ0) is 15.0. The van der Waals surface area contributed by atoms with Gasteiger partial charge in [-0.05, 0) is 31.4 Å². The van der Waals surface area contributed by atoms with Gasteiger partial charge in [0.15, 0.2) is 0 Å². The molecule has 2 heterocycles. The van der Waals surface area contributed by atoms with Gasteiger partial charge in [0.05, 0.1) is 11.3 Å². The van der Waals surface area contributed by atoms with Gasteiger partial charge in [-0.15, -0.1) is 0 Å². The first kappa shape index (κ1) is 13.9. The summed E-state index contributed by atoms with van der Waals surface area (Å²) >= 11 is 0. The van der Waals surface area contributed by atoms with Crippen molar-refractivity contribution in [3.63, 3.8) is 0 Å². The van der Waals surface area contributed by atoms with Crippen molar-refractivity contribution >= 4 is 17.6 Å². The Kier molecular flexibility index (Phi) is 3.35. The number of para-hydroxylation sites is 1. The molecule has 2 aliphatic rings. The molecular weight excluding hydrogens is 268 g/mol. The molecule has 0 radical (unpaired) electrons. The molecule has 0 bridgehead atoms. The summed E-state index contributed by atoms with van der Waals surface area (Å²) in [5.41, 5.74) is 1.45. The van der Waals surface area contributed by atoms with Crippen molar-refractivity contribution in [2.24, 2.45) is 11.3 Å². The van der Waals surface area contributed by atoms with E-state index in [0.717, 1.165) is 17.7 Å². The minimum absolute atomic E-state index is 0.0713. The second kappa shape index (κ2) is 5.06. The third-order valence-corrected chi connectivity index (χ3v) is 4.67. The summed E-state index contributed by atoms with van der Waals surface area (Å²) < 4.78 is 0. The van der Waals surface area contributed by atoms with Gasteiger partial charge in [0.1, 0.15) is 0 Å². The molecule has 5 heteroatoms. The van der Waals surface area contributed by atoms with Crippen LogP contribution in [0.5, 0.6) is 0 Å². The number of rotatable bonds is 2. The Labute approximate surface area is 123 Å². The molecule has 2 unspecified atom stereocenters. The molecule has 21 heavy (non-hydrogen) atoms. The summed E-state index contributed by atoms with van der Waals surface area (Å²) in [7, 11) is 0. The molecule has 2 aliphatic heterocycles. The smallest absolute Gasteiger partial charge is 0.311 e. The third kappa shape index (κ3) is 2.48. The fourth-order valence-electron chi connectivity index (χ4n) is 3.20. The Hall–Kier alpha value is -2.04. The van der Waals surface area contributed by atoms with Crippen molar-refractivity contribution in [2.75, 3.05) is 25.0 Å². The van der Waals surface area contributed by atoms with Crippen LogP contribution in [0.2, 0.25) is 0 Å². The Morgan fingerprint density at radius 1 is 1.38 bits per heavy atom. The highest BCUT2D eigenvalue weighted by molar-refractivity contribution is 5.83. The van der Waals surface area contributed by atoms with Crippen LogP contribution in [0, 0.1) is 11.3 Å². The summed E-state index contributed by atoms with van der Waals surface area (Å²) in [4.78, 5) is 25.6. The minimum Gasteiger partial charge on any atom is -0.481 e. The average molecular weight is 288 g/mol. The normalized spacial score (nSPS) is 27.9. The molecule has 0 aliphatic carbocycles. The SMILES string of the molecule is CC1(C(=O)O)CCN(C(=O)C2CNc3ccccc3C2)C1. The number of aliphatic carboxylic acids is 1. The molecule has 1 saturated heterocycles. The first-order valence-corrected chi connectivity index (χ1v) is 7.33. The predicted octanol–water partition coefficient (Wildman–Crippen LogP) is 1.59. The van der Waals surface area contributed by atoms with Crippen molar-refractivity contribution in [1.29, 1.82) is 0 Å². The molecule has 1 aromatic rings. The molecule has 0 spiro atoms. The van der Waals surface area contributed by atoms with Crippen LogP contribution in [0.25, 0.3) is 0 Å². The maximum atomic E-state index is 12.6. The third-order valence-electron chi connectivity index (χ3n) is 4.67. The van der Waals surface area contributed by atoms with Gasteiger partial charge < -0.3 is 15.3 Å². The summed E-state index contributed by atoms with van der Waals surface area (Å²) in [5, 5.41) is 12.6. The van der Waals surface area contributed by atoms with E-state index < -0.39 is 11.4 Å². The minimum atomic E-state index is -0.815. The van der Waals surface area contributed by atoms with E-state index in [9.17, 15) is 14.7 Å². The topological polar surface area (TPSA) is 69.6 Å². The number of likely N-dealkylation sites (tertiary alicyclic amines) is 1. The Morgan fingerprint density at radius 3 is 2.86 bits per heavy atom. The van der Waals surface area contributed by atoms with Crippen molar-refractivity contribution in [1.82, 2.24) is 4.90 Å². The lowest BCUT2D eigenvalue weighted by Crippen LogP contribution is -2.42. The molecule has 112 valence electrons. The highest BCUT2D eigenvalue weighted by Crippen LogP contribution is 2.32. The number of carbonyl (C=O) groups excluding carboxylic acids is 1. The summed E-state index contributed by atoms with van der Waals surface area (Å²) in [6.07, 6.45) is 1.26. The van der Waals surface area contributed by atoms with E-state index in [2.05, 4.69) is 5.32 Å². The monoisotopic (exact) mass is 288 g/mol. The number of amides is 1. The van der Waals surface area contributed by atoms with E-state index in [1.165, 1.54) is 0 Å². The van der Waals surface area contributed by atoms with Gasteiger partial charge in [0.2, 0.25) is 5.91 Å². The van der Waals surface area contributed by atoms with Crippen LogP contribution in [-0.2, 0) is 16.0 Å². The van der Waals surface area contributed by atoms with E-state index in [4.69, 9.17) is 0 Å². The number of nitrogens with one attached hydrogen (secondary N) is 1. The first-order chi connectivity index (χ1) is 9.99. The molecule has 2 atom stereocenters. The van der Waals surface area contributed by atoms with Gasteiger partial charge in [-0.25, -0.2) is 0 Å². The number of hydrogen-bond acceptors (Lipinski definition) is 3. The molecule has 1 fully saturated rings. The van der Waals surface area contributed by atoms with Gasteiger partial charge in [0, 0.05) is 25.3 Å². The molecule has 0 saturated carbocycles. The number of hydrogen-bond donors (Lipinski definition) is 2. The average Bonchev–Trinajstić information content (AvgIpc) is 2.90. The lowest BCUT2D eigenvalue weighted by atomic mass is 9.90. The van der Waals surface area contributed by atoms with Crippen molar-refractivity contribution in [3.8, 4) is 0 Å². The van der Waals surface area contributed by atoms with Crippen molar-refractivity contribution < 1.29 is 14.7 Å². The maximum Gasteiger partial charge on any atom is 0.311 e. The molecule has 1 aromatic carbocycles. The maximum absolute atomic E-state index is 12.6. The van der Waals surface area contributed by atoms with Crippen molar-refractivity contribution in [2.45, 2.75) is 19.8 Å². The number of benzene rings is 1. The van der Waals surface area contributed by atoms with Crippen LogP contribution in [0.3, 0.4) is 0 Å². The largest absolute Gasteiger partial charge is 0.481 e. The Balaban J connectivity index is 1.69. The van der Waals surface area contributed by atoms with Gasteiger partial charge in [-0.3, -0.25) is 9.59 Å². The number of fused-ring (bicyclic) bond motifs is 1. The number of carboxylic acids is 1. The van der Waals surface area contributed by atoms with Gasteiger partial charge in [-0.2, -0.15) is 0 Å². The summed E-state index contributed by atoms with van der Waals surface area (Å²) in [6, 6.07) is 8.01. The van der Waals surface area contributed by atoms with E-state index in [0.29, 0.717) is 26.1 Å². The van der Waals surface area contributed by atoms with E-state index in [-0.39, 0.29) is 11.8 Å². The van der Waals surface area contributed by atoms with Gasteiger partial charge >= 0.3 is 5.97 Å². The van der Waals surface area contributed by atoms with Crippen LogP contribution in [0.1, 0.15) is 18.9 Å². The van der Waals surface area contributed by atoms with Gasteiger partial charge in [-0.1, -0.05) is 18.2 Å². The fourth-order valence-corrected chi connectivity index (χ4v) is 3.20. The zero-order valence-corrected chi connectivity index (χ0v) is 12.1. The fraction of sp³-hybridized carbons (Fsp3) is 0.500. The highest BCUT2D eigenvalue weighted by Gasteiger charge is 2.43. The van der Waals surface area contributed by atoms with Crippen LogP contribution >= 0.6 is 0 Å². The lowest BCUT2D eigenvalue weighted by molar-refractivity contribution is -0.147. The van der Waals surface area contributed by atoms with Crippen molar-refractivity contribution in [3.05, 3.63) is 29.8 Å². The standard InChI is InChI=1S/C16H20N2O3/c1-16(15(20)21)6-7-18(10-16)14(19)12-8-11-4-2-3-5-13(11)17-9-12/h2-5,12,17H,6-10H2,1H3,(H,20,21). The molecule has 1 amide bonds. The van der Waals surface area contributed by atoms with Crippen LogP contribution in [-0.4, -0.2) is 41.5 Å². The Morgan fingerprint density at radius 2 is 2.14 bits per heavy atom. The number of nitrogens with zero attached hydrogens (tertiary/aromatic N) is 1. The van der Waals surface area contributed by atoms with E-state index >= 15 is 0 Å². The van der Waals surface area contributed by atoms with Crippen LogP contribution in [0.4, 0.5) is 5.69 Å². The molecule has 5 nitrogen and oxygen atoms in total. The zero-order valence-electron chi connectivity index (χ0n) is 12.1.